The summed E-state index contributed by atoms with van der Waals surface area (Å²) in [6.07, 6.45) is 4.42. The molecule has 0 saturated carbocycles. The third kappa shape index (κ3) is 2.32. The second kappa shape index (κ2) is 4.92. The molecule has 19 heavy (non-hydrogen) atoms. The van der Waals surface area contributed by atoms with Gasteiger partial charge in [-0.15, -0.1) is 5.10 Å². The van der Waals surface area contributed by atoms with Gasteiger partial charge in [0, 0.05) is 19.3 Å². The zero-order valence-electron chi connectivity index (χ0n) is 10.2. The molecule has 8 nitrogen and oxygen atoms in total. The molecule has 0 amide bonds. The molecule has 0 radical (unpaired) electrons. The Balaban J connectivity index is 1.62. The maximum atomic E-state index is 5.78. The molecular formula is C11H13N7O. The van der Waals surface area contributed by atoms with Gasteiger partial charge in [-0.1, -0.05) is 5.21 Å². The summed E-state index contributed by atoms with van der Waals surface area (Å²) >= 11 is 0. The van der Waals surface area contributed by atoms with Crippen molar-refractivity contribution in [3.8, 4) is 0 Å². The van der Waals surface area contributed by atoms with E-state index in [0.717, 1.165) is 25.2 Å². The quantitative estimate of drug-likeness (QED) is 0.517. The topological polar surface area (TPSA) is 108 Å². The maximum absolute atomic E-state index is 5.78. The van der Waals surface area contributed by atoms with Crippen LogP contribution in [0.25, 0.3) is 11.0 Å². The molecule has 2 aromatic heterocycles. The molecule has 0 aliphatic rings. The summed E-state index contributed by atoms with van der Waals surface area (Å²) in [5, 5.41) is 18.6. The number of nitrogens with zero attached hydrogens (tertiary/aromatic N) is 5. The number of nitrogen functional groups attached to an aromatic ring is 1. The van der Waals surface area contributed by atoms with Gasteiger partial charge in [0.15, 0.2) is 11.0 Å². The lowest BCUT2D eigenvalue weighted by Gasteiger charge is -2.06. The second-order valence-corrected chi connectivity index (χ2v) is 4.11. The Morgan fingerprint density at radius 1 is 1.26 bits per heavy atom. The summed E-state index contributed by atoms with van der Waals surface area (Å²) in [6.45, 7) is 1.59. The number of nitrogens with one attached hydrogen (secondary N) is 1. The molecule has 0 spiro atoms. The van der Waals surface area contributed by atoms with Gasteiger partial charge in [-0.2, -0.15) is 0 Å². The molecule has 0 fully saturated rings. The van der Waals surface area contributed by atoms with Crippen LogP contribution in [0.3, 0.4) is 0 Å². The van der Waals surface area contributed by atoms with Crippen LogP contribution in [0.15, 0.2) is 29.2 Å². The Morgan fingerprint density at radius 3 is 3.00 bits per heavy atom. The van der Waals surface area contributed by atoms with Gasteiger partial charge in [0.1, 0.15) is 0 Å². The van der Waals surface area contributed by atoms with E-state index in [4.69, 9.17) is 10.4 Å². The number of hydrogen-bond acceptors (Lipinski definition) is 7. The second-order valence-electron chi connectivity index (χ2n) is 4.11. The predicted molar refractivity (Wildman–Crippen MR) is 69.3 cm³/mol. The van der Waals surface area contributed by atoms with Crippen molar-refractivity contribution >= 4 is 22.4 Å². The number of fused-ring (bicyclic) bond motifs is 1. The predicted octanol–water partition coefficient (Wildman–Crippen LogP) is 0.899. The molecule has 0 aliphatic carbocycles. The summed E-state index contributed by atoms with van der Waals surface area (Å²) in [7, 11) is 0. The summed E-state index contributed by atoms with van der Waals surface area (Å²) in [5.41, 5.74) is 8.44. The molecule has 98 valence electrons. The lowest BCUT2D eigenvalue weighted by molar-refractivity contribution is 0.315. The first-order valence-electron chi connectivity index (χ1n) is 5.93. The number of nitrogens with two attached hydrogens (primary N) is 1. The Labute approximate surface area is 108 Å². The smallest absolute Gasteiger partial charge is 0.160 e. The molecule has 0 bridgehead atoms. The molecule has 3 rings (SSSR count). The minimum Gasteiger partial charge on any atom is -0.397 e. The van der Waals surface area contributed by atoms with Crippen molar-refractivity contribution in [2.45, 2.75) is 13.0 Å². The Morgan fingerprint density at radius 2 is 2.16 bits per heavy atom. The van der Waals surface area contributed by atoms with Gasteiger partial charge in [-0.3, -0.25) is 4.68 Å². The molecule has 0 unspecified atom stereocenters. The Bertz CT molecular complexity index is 661. The molecule has 2 heterocycles. The van der Waals surface area contributed by atoms with Crippen LogP contribution in [-0.4, -0.2) is 31.9 Å². The fraction of sp³-hybridized carbons (Fsp3) is 0.273. The number of aryl methyl sites for hydroxylation is 1. The van der Waals surface area contributed by atoms with E-state index in [1.807, 2.05) is 12.3 Å². The van der Waals surface area contributed by atoms with Crippen molar-refractivity contribution in [3.63, 3.8) is 0 Å². The van der Waals surface area contributed by atoms with Gasteiger partial charge in [0.05, 0.1) is 17.6 Å². The van der Waals surface area contributed by atoms with Crippen molar-refractivity contribution in [1.82, 2.24) is 25.3 Å². The molecule has 0 atom stereocenters. The minimum absolute atomic E-state index is 0.560. The van der Waals surface area contributed by atoms with Gasteiger partial charge in [0.2, 0.25) is 0 Å². The maximum Gasteiger partial charge on any atom is 0.160 e. The van der Waals surface area contributed by atoms with Crippen LogP contribution >= 0.6 is 0 Å². The zero-order valence-corrected chi connectivity index (χ0v) is 10.2. The molecule has 8 heteroatoms. The highest BCUT2D eigenvalue weighted by Crippen LogP contribution is 2.24. The molecule has 0 saturated heterocycles. The molecule has 0 aliphatic heterocycles. The first-order valence-corrected chi connectivity index (χ1v) is 5.93. The van der Waals surface area contributed by atoms with E-state index in [1.165, 1.54) is 0 Å². The van der Waals surface area contributed by atoms with Gasteiger partial charge in [-0.25, -0.2) is 4.63 Å². The van der Waals surface area contributed by atoms with E-state index in [2.05, 4.69) is 25.9 Å². The van der Waals surface area contributed by atoms with Crippen LogP contribution in [0.2, 0.25) is 0 Å². The average molecular weight is 259 g/mol. The van der Waals surface area contributed by atoms with Crippen molar-refractivity contribution < 1.29 is 4.63 Å². The summed E-state index contributed by atoms with van der Waals surface area (Å²) in [6, 6.07) is 3.66. The fourth-order valence-electron chi connectivity index (χ4n) is 1.84. The van der Waals surface area contributed by atoms with Crippen LogP contribution in [-0.2, 0) is 6.54 Å². The Hall–Kier alpha value is -2.64. The number of anilines is 2. The number of hydrogen-bond donors (Lipinski definition) is 2. The number of rotatable bonds is 5. The lowest BCUT2D eigenvalue weighted by Crippen LogP contribution is -2.07. The SMILES string of the molecule is Nc1ccc(NCCCn2ccnn2)c2nonc12. The van der Waals surface area contributed by atoms with Crippen molar-refractivity contribution in [2.75, 3.05) is 17.6 Å². The van der Waals surface area contributed by atoms with E-state index in [0.29, 0.717) is 16.7 Å². The Kier molecular flexibility index (Phi) is 2.97. The highest BCUT2D eigenvalue weighted by molar-refractivity contribution is 5.94. The minimum atomic E-state index is 0.560. The summed E-state index contributed by atoms with van der Waals surface area (Å²) in [5.74, 6) is 0. The summed E-state index contributed by atoms with van der Waals surface area (Å²) in [4.78, 5) is 0. The van der Waals surface area contributed by atoms with Crippen LogP contribution in [0, 0.1) is 0 Å². The molecule has 3 N–H and O–H groups in total. The van der Waals surface area contributed by atoms with Crippen molar-refractivity contribution in [3.05, 3.63) is 24.5 Å². The van der Waals surface area contributed by atoms with Crippen molar-refractivity contribution in [1.29, 1.82) is 0 Å². The molecule has 1 aromatic carbocycles. The fourth-order valence-corrected chi connectivity index (χ4v) is 1.84. The standard InChI is InChI=1S/C11H13N7O/c12-8-2-3-9(11-10(8)15-19-16-11)13-4-1-6-18-7-5-14-17-18/h2-3,5,7,13H,1,4,6,12H2. The third-order valence-electron chi connectivity index (χ3n) is 2.80. The van der Waals surface area contributed by atoms with E-state index >= 15 is 0 Å². The van der Waals surface area contributed by atoms with Gasteiger partial charge in [-0.05, 0) is 28.9 Å². The van der Waals surface area contributed by atoms with E-state index in [9.17, 15) is 0 Å². The number of aromatic nitrogens is 5. The van der Waals surface area contributed by atoms with Gasteiger partial charge < -0.3 is 11.1 Å². The monoisotopic (exact) mass is 259 g/mol. The largest absolute Gasteiger partial charge is 0.397 e. The lowest BCUT2D eigenvalue weighted by atomic mass is 10.2. The van der Waals surface area contributed by atoms with Crippen LogP contribution in [0.4, 0.5) is 11.4 Å². The highest BCUT2D eigenvalue weighted by Gasteiger charge is 2.09. The van der Waals surface area contributed by atoms with Gasteiger partial charge >= 0.3 is 0 Å². The first-order chi connectivity index (χ1) is 9.34. The van der Waals surface area contributed by atoms with Crippen LogP contribution in [0.1, 0.15) is 6.42 Å². The highest BCUT2D eigenvalue weighted by atomic mass is 16.6. The van der Waals surface area contributed by atoms with Crippen molar-refractivity contribution in [2.24, 2.45) is 0 Å². The van der Waals surface area contributed by atoms with E-state index in [-0.39, 0.29) is 0 Å². The van der Waals surface area contributed by atoms with E-state index < -0.39 is 0 Å². The average Bonchev–Trinajstić information content (AvgIpc) is 3.08. The normalized spacial score (nSPS) is 10.9. The number of benzene rings is 1. The zero-order chi connectivity index (χ0) is 13.1. The van der Waals surface area contributed by atoms with Gasteiger partial charge in [0.25, 0.3) is 0 Å². The first kappa shape index (κ1) is 11.5. The molecule has 3 aromatic rings. The summed E-state index contributed by atoms with van der Waals surface area (Å²) < 4.78 is 6.50. The van der Waals surface area contributed by atoms with Crippen LogP contribution < -0.4 is 11.1 Å². The van der Waals surface area contributed by atoms with E-state index in [1.54, 1.807) is 16.9 Å². The third-order valence-corrected chi connectivity index (χ3v) is 2.80. The van der Waals surface area contributed by atoms with Crippen LogP contribution in [0.5, 0.6) is 0 Å². The molecular weight excluding hydrogens is 246 g/mol.